The summed E-state index contributed by atoms with van der Waals surface area (Å²) in [6.07, 6.45) is -0.413. The van der Waals surface area contributed by atoms with E-state index in [-0.39, 0.29) is 29.5 Å². The minimum Gasteiger partial charge on any atom is -0.445 e. The van der Waals surface area contributed by atoms with Gasteiger partial charge in [-0.1, -0.05) is 0 Å². The molecule has 1 N–H and O–H groups in total. The highest BCUT2D eigenvalue weighted by molar-refractivity contribution is 6.27. The zero-order chi connectivity index (χ0) is 13.5. The number of nitrogens with zero attached hydrogens (tertiary/aromatic N) is 1. The number of amides is 2. The third kappa shape index (κ3) is 2.88. The number of nitrogens with one attached hydrogen (secondary N) is 1. The second-order valence-electron chi connectivity index (χ2n) is 6.00. The molecule has 0 aromatic rings. The van der Waals surface area contributed by atoms with Crippen molar-refractivity contribution >= 4 is 23.6 Å². The third-order valence-corrected chi connectivity index (χ3v) is 3.53. The molecule has 1 heterocycles. The molecule has 2 atom stereocenters. The van der Waals surface area contributed by atoms with Gasteiger partial charge in [-0.05, 0) is 20.8 Å². The fourth-order valence-electron chi connectivity index (χ4n) is 2.39. The number of carbonyl (C=O) groups excluding carboxylic acids is 2. The predicted molar refractivity (Wildman–Crippen MR) is 67.4 cm³/mol. The summed E-state index contributed by atoms with van der Waals surface area (Å²) in [5, 5.41) is 2.76. The van der Waals surface area contributed by atoms with Gasteiger partial charge < -0.3 is 15.0 Å². The van der Waals surface area contributed by atoms with E-state index in [1.54, 1.807) is 4.90 Å². The first-order valence-electron chi connectivity index (χ1n) is 6.14. The van der Waals surface area contributed by atoms with Gasteiger partial charge in [-0.25, -0.2) is 4.79 Å². The van der Waals surface area contributed by atoms with Gasteiger partial charge in [-0.3, -0.25) is 4.79 Å². The number of fused-ring (bicyclic) bond motifs is 1. The maximum Gasteiger partial charge on any atom is 0.407 e. The molecule has 0 radical (unpaired) electrons. The Hall–Kier alpha value is -0.970. The average Bonchev–Trinajstić information content (AvgIpc) is 2.73. The number of piperidine rings is 1. The molecule has 0 aromatic heterocycles. The largest absolute Gasteiger partial charge is 0.445 e. The summed E-state index contributed by atoms with van der Waals surface area (Å²) in [5.74, 6) is 0.572. The first-order chi connectivity index (χ1) is 8.31. The van der Waals surface area contributed by atoms with Crippen LogP contribution in [0.5, 0.6) is 0 Å². The minimum atomic E-state index is -0.378. The molecule has 0 aromatic carbocycles. The summed E-state index contributed by atoms with van der Waals surface area (Å²) in [5.41, 5.74) is -0.290. The van der Waals surface area contributed by atoms with E-state index in [2.05, 4.69) is 5.32 Å². The van der Waals surface area contributed by atoms with Crippen molar-refractivity contribution in [2.75, 3.05) is 19.0 Å². The van der Waals surface area contributed by atoms with E-state index in [0.29, 0.717) is 24.9 Å². The van der Waals surface area contributed by atoms with Gasteiger partial charge >= 0.3 is 6.09 Å². The van der Waals surface area contributed by atoms with Gasteiger partial charge in [0.05, 0.1) is 0 Å². The molecule has 2 amide bonds. The monoisotopic (exact) mass is 274 g/mol. The smallest absolute Gasteiger partial charge is 0.407 e. The Labute approximate surface area is 112 Å². The van der Waals surface area contributed by atoms with Gasteiger partial charge in [0.25, 0.3) is 0 Å². The van der Waals surface area contributed by atoms with Crippen LogP contribution < -0.4 is 5.32 Å². The normalized spacial score (nSPS) is 29.8. The van der Waals surface area contributed by atoms with Crippen LogP contribution in [0.25, 0.3) is 0 Å². The SMILES string of the molecule is CC(C)(C)NC(=O)OC1C2CN(C(=O)CCl)CC21. The molecule has 102 valence electrons. The van der Waals surface area contributed by atoms with Crippen LogP contribution in [0.2, 0.25) is 0 Å². The van der Waals surface area contributed by atoms with Crippen molar-refractivity contribution in [2.45, 2.75) is 32.4 Å². The summed E-state index contributed by atoms with van der Waals surface area (Å²) in [4.78, 5) is 24.7. The summed E-state index contributed by atoms with van der Waals surface area (Å²) in [7, 11) is 0. The van der Waals surface area contributed by atoms with Crippen LogP contribution in [-0.2, 0) is 9.53 Å². The number of alkyl halides is 1. The van der Waals surface area contributed by atoms with E-state index >= 15 is 0 Å². The average molecular weight is 275 g/mol. The molecule has 1 aliphatic heterocycles. The fraction of sp³-hybridized carbons (Fsp3) is 0.833. The summed E-state index contributed by atoms with van der Waals surface area (Å²) >= 11 is 5.50. The van der Waals surface area contributed by atoms with Crippen molar-refractivity contribution in [3.05, 3.63) is 0 Å². The lowest BCUT2D eigenvalue weighted by Gasteiger charge is -2.22. The van der Waals surface area contributed by atoms with Crippen molar-refractivity contribution < 1.29 is 14.3 Å². The van der Waals surface area contributed by atoms with Gasteiger partial charge in [-0.2, -0.15) is 0 Å². The lowest BCUT2D eigenvalue weighted by molar-refractivity contribution is -0.128. The first-order valence-corrected chi connectivity index (χ1v) is 6.68. The number of alkyl carbamates (subject to hydrolysis) is 1. The molecule has 2 rings (SSSR count). The third-order valence-electron chi connectivity index (χ3n) is 3.30. The van der Waals surface area contributed by atoms with E-state index in [4.69, 9.17) is 16.3 Å². The highest BCUT2D eigenvalue weighted by Gasteiger charge is 2.59. The van der Waals surface area contributed by atoms with Gasteiger partial charge in [0.15, 0.2) is 0 Å². The maximum absolute atomic E-state index is 11.6. The van der Waals surface area contributed by atoms with Gasteiger partial charge in [0.1, 0.15) is 12.0 Å². The number of likely N-dealkylation sites (tertiary alicyclic amines) is 1. The van der Waals surface area contributed by atoms with Crippen molar-refractivity contribution in [1.29, 1.82) is 0 Å². The highest BCUT2D eigenvalue weighted by atomic mass is 35.5. The number of ether oxygens (including phenoxy) is 1. The Morgan fingerprint density at radius 1 is 1.33 bits per heavy atom. The number of hydrogen-bond acceptors (Lipinski definition) is 3. The molecule has 0 bridgehead atoms. The Kier molecular flexibility index (Phi) is 3.45. The molecule has 6 heteroatoms. The van der Waals surface area contributed by atoms with E-state index < -0.39 is 0 Å². The molecule has 1 aliphatic carbocycles. The zero-order valence-corrected chi connectivity index (χ0v) is 11.7. The van der Waals surface area contributed by atoms with Crippen LogP contribution in [0.1, 0.15) is 20.8 Å². The van der Waals surface area contributed by atoms with Gasteiger partial charge in [0.2, 0.25) is 5.91 Å². The molecule has 0 spiro atoms. The Balaban J connectivity index is 1.75. The quantitative estimate of drug-likeness (QED) is 0.770. The molecule has 18 heavy (non-hydrogen) atoms. The standard InChI is InChI=1S/C12H19ClN2O3/c1-12(2,3)14-11(17)18-10-7-5-15(6-8(7)10)9(16)4-13/h7-8,10H,4-6H2,1-3H3,(H,14,17). The van der Waals surface area contributed by atoms with E-state index in [1.807, 2.05) is 20.8 Å². The number of hydrogen-bond donors (Lipinski definition) is 1. The van der Waals surface area contributed by atoms with Crippen LogP contribution >= 0.6 is 11.6 Å². The molecule has 1 saturated carbocycles. The van der Waals surface area contributed by atoms with Crippen LogP contribution in [0, 0.1) is 11.8 Å². The first kappa shape index (κ1) is 13.5. The van der Waals surface area contributed by atoms with Crippen LogP contribution in [0.15, 0.2) is 0 Å². The topological polar surface area (TPSA) is 58.6 Å². The van der Waals surface area contributed by atoms with Gasteiger partial charge in [-0.15, -0.1) is 11.6 Å². The van der Waals surface area contributed by atoms with Crippen LogP contribution in [-0.4, -0.2) is 47.5 Å². The van der Waals surface area contributed by atoms with Crippen molar-refractivity contribution in [3.8, 4) is 0 Å². The second-order valence-corrected chi connectivity index (χ2v) is 6.27. The maximum atomic E-state index is 11.6. The van der Waals surface area contributed by atoms with Gasteiger partial charge in [0, 0.05) is 30.5 Å². The lowest BCUT2D eigenvalue weighted by atomic mass is 10.1. The molecule has 5 nitrogen and oxygen atoms in total. The Morgan fingerprint density at radius 2 is 1.89 bits per heavy atom. The summed E-state index contributed by atoms with van der Waals surface area (Å²) in [6.45, 7) is 7.03. The van der Waals surface area contributed by atoms with E-state index in [9.17, 15) is 9.59 Å². The van der Waals surface area contributed by atoms with E-state index in [1.165, 1.54) is 0 Å². The summed E-state index contributed by atoms with van der Waals surface area (Å²) in [6, 6.07) is 0. The lowest BCUT2D eigenvalue weighted by Crippen LogP contribution is -2.42. The zero-order valence-electron chi connectivity index (χ0n) is 10.9. The molecule has 2 aliphatic rings. The molecule has 2 unspecified atom stereocenters. The minimum absolute atomic E-state index is 0.0233. The number of halogens is 1. The van der Waals surface area contributed by atoms with Crippen LogP contribution in [0.4, 0.5) is 4.79 Å². The molecule has 1 saturated heterocycles. The summed E-state index contributed by atoms with van der Waals surface area (Å²) < 4.78 is 5.35. The second kappa shape index (κ2) is 4.61. The Morgan fingerprint density at radius 3 is 2.33 bits per heavy atom. The van der Waals surface area contributed by atoms with E-state index in [0.717, 1.165) is 0 Å². The molecular formula is C12H19ClN2O3. The van der Waals surface area contributed by atoms with Crippen molar-refractivity contribution in [1.82, 2.24) is 10.2 Å². The fourth-order valence-corrected chi connectivity index (χ4v) is 2.56. The predicted octanol–water partition coefficient (Wildman–Crippen LogP) is 1.21. The highest BCUT2D eigenvalue weighted by Crippen LogP contribution is 2.47. The van der Waals surface area contributed by atoms with Crippen LogP contribution in [0.3, 0.4) is 0 Å². The number of carbonyl (C=O) groups is 2. The Bertz CT molecular complexity index is 355. The van der Waals surface area contributed by atoms with Crippen molar-refractivity contribution in [2.24, 2.45) is 11.8 Å². The van der Waals surface area contributed by atoms with Crippen molar-refractivity contribution in [3.63, 3.8) is 0 Å². The molecule has 2 fully saturated rings. The molecular weight excluding hydrogens is 256 g/mol. The number of rotatable bonds is 2.